The van der Waals surface area contributed by atoms with Gasteiger partial charge in [-0.3, -0.25) is 0 Å². The number of rotatable bonds is 8. The van der Waals surface area contributed by atoms with Crippen molar-refractivity contribution in [2.24, 2.45) is 0 Å². The van der Waals surface area contributed by atoms with E-state index in [0.717, 1.165) is 6.54 Å². The van der Waals surface area contributed by atoms with Gasteiger partial charge in [0.15, 0.2) is 0 Å². The monoisotopic (exact) mass is 213 g/mol. The van der Waals surface area contributed by atoms with E-state index in [2.05, 4.69) is 19.2 Å². The number of methoxy groups -OCH3 is 1. The van der Waals surface area contributed by atoms with E-state index in [1.54, 1.807) is 0 Å². The van der Waals surface area contributed by atoms with Gasteiger partial charge in [0.1, 0.15) is 0 Å². The van der Waals surface area contributed by atoms with Crippen LogP contribution < -0.4 is 5.32 Å². The SMILES string of the molecule is CCCCCC(C)NCC1(OC)CCC1. The number of ether oxygens (including phenoxy) is 1. The molecule has 0 aromatic carbocycles. The summed E-state index contributed by atoms with van der Waals surface area (Å²) in [6, 6.07) is 0.643. The normalized spacial score (nSPS) is 21.0. The van der Waals surface area contributed by atoms with Crippen molar-refractivity contribution in [1.82, 2.24) is 5.32 Å². The lowest BCUT2D eigenvalue weighted by Gasteiger charge is -2.41. The highest BCUT2D eigenvalue weighted by molar-refractivity contribution is 4.91. The third-order valence-corrected chi connectivity index (χ3v) is 3.71. The van der Waals surface area contributed by atoms with E-state index in [0.29, 0.717) is 6.04 Å². The average Bonchev–Trinajstić information content (AvgIpc) is 2.17. The van der Waals surface area contributed by atoms with Gasteiger partial charge in [-0.2, -0.15) is 0 Å². The minimum Gasteiger partial charge on any atom is -0.377 e. The summed E-state index contributed by atoms with van der Waals surface area (Å²) in [4.78, 5) is 0. The van der Waals surface area contributed by atoms with Gasteiger partial charge in [-0.15, -0.1) is 0 Å². The molecule has 1 unspecified atom stereocenters. The van der Waals surface area contributed by atoms with Crippen molar-refractivity contribution in [3.63, 3.8) is 0 Å². The van der Waals surface area contributed by atoms with Crippen molar-refractivity contribution in [3.05, 3.63) is 0 Å². The molecule has 0 aromatic heterocycles. The molecule has 2 heteroatoms. The Balaban J connectivity index is 2.07. The fourth-order valence-corrected chi connectivity index (χ4v) is 2.19. The molecule has 0 aromatic rings. The van der Waals surface area contributed by atoms with Gasteiger partial charge in [-0.1, -0.05) is 26.2 Å². The molecule has 0 bridgehead atoms. The first-order valence-electron chi connectivity index (χ1n) is 6.51. The van der Waals surface area contributed by atoms with E-state index < -0.39 is 0 Å². The van der Waals surface area contributed by atoms with Gasteiger partial charge in [0.25, 0.3) is 0 Å². The van der Waals surface area contributed by atoms with Crippen molar-refractivity contribution in [2.45, 2.75) is 70.4 Å². The minimum absolute atomic E-state index is 0.180. The summed E-state index contributed by atoms with van der Waals surface area (Å²) in [6.45, 7) is 5.58. The molecular weight excluding hydrogens is 186 g/mol. The predicted molar refractivity (Wildman–Crippen MR) is 65.2 cm³/mol. The molecule has 90 valence electrons. The van der Waals surface area contributed by atoms with Crippen molar-refractivity contribution < 1.29 is 4.74 Å². The lowest BCUT2D eigenvalue weighted by atomic mass is 9.80. The second-order valence-corrected chi connectivity index (χ2v) is 5.02. The van der Waals surface area contributed by atoms with Crippen LogP contribution in [0.15, 0.2) is 0 Å². The van der Waals surface area contributed by atoms with Gasteiger partial charge in [0.2, 0.25) is 0 Å². The molecule has 1 rings (SSSR count). The summed E-state index contributed by atoms with van der Waals surface area (Å²) < 4.78 is 5.59. The molecule has 1 atom stereocenters. The number of hydrogen-bond acceptors (Lipinski definition) is 2. The Morgan fingerprint density at radius 1 is 1.33 bits per heavy atom. The van der Waals surface area contributed by atoms with Gasteiger partial charge in [0, 0.05) is 19.7 Å². The molecule has 1 N–H and O–H groups in total. The molecule has 1 fully saturated rings. The van der Waals surface area contributed by atoms with Crippen molar-refractivity contribution in [1.29, 1.82) is 0 Å². The Morgan fingerprint density at radius 2 is 2.07 bits per heavy atom. The Hall–Kier alpha value is -0.0800. The van der Waals surface area contributed by atoms with Crippen LogP contribution in [0.3, 0.4) is 0 Å². The smallest absolute Gasteiger partial charge is 0.0802 e. The highest BCUT2D eigenvalue weighted by Gasteiger charge is 2.36. The quantitative estimate of drug-likeness (QED) is 0.626. The Kier molecular flexibility index (Phi) is 5.62. The Morgan fingerprint density at radius 3 is 2.53 bits per heavy atom. The summed E-state index contributed by atoms with van der Waals surface area (Å²) in [5, 5.41) is 3.61. The maximum Gasteiger partial charge on any atom is 0.0802 e. The van der Waals surface area contributed by atoms with Crippen LogP contribution in [0.4, 0.5) is 0 Å². The lowest BCUT2D eigenvalue weighted by molar-refractivity contribution is -0.0707. The number of nitrogens with one attached hydrogen (secondary N) is 1. The van der Waals surface area contributed by atoms with Crippen LogP contribution in [-0.2, 0) is 4.74 Å². The second-order valence-electron chi connectivity index (χ2n) is 5.02. The van der Waals surface area contributed by atoms with E-state index >= 15 is 0 Å². The van der Waals surface area contributed by atoms with Crippen LogP contribution in [0.5, 0.6) is 0 Å². The van der Waals surface area contributed by atoms with E-state index in [1.807, 2.05) is 7.11 Å². The zero-order valence-electron chi connectivity index (χ0n) is 10.6. The largest absolute Gasteiger partial charge is 0.377 e. The fraction of sp³-hybridized carbons (Fsp3) is 1.00. The van der Waals surface area contributed by atoms with Gasteiger partial charge in [-0.05, 0) is 32.6 Å². The standard InChI is InChI=1S/C13H27NO/c1-4-5-6-8-12(2)14-11-13(15-3)9-7-10-13/h12,14H,4-11H2,1-3H3. The van der Waals surface area contributed by atoms with Crippen LogP contribution in [-0.4, -0.2) is 25.3 Å². The van der Waals surface area contributed by atoms with E-state index in [9.17, 15) is 0 Å². The molecule has 1 aliphatic rings. The Bertz CT molecular complexity index is 160. The molecular formula is C13H27NO. The van der Waals surface area contributed by atoms with Crippen LogP contribution in [0.25, 0.3) is 0 Å². The third-order valence-electron chi connectivity index (χ3n) is 3.71. The van der Waals surface area contributed by atoms with Crippen LogP contribution in [0.2, 0.25) is 0 Å². The second kappa shape index (κ2) is 6.49. The third kappa shape index (κ3) is 4.12. The summed E-state index contributed by atoms with van der Waals surface area (Å²) >= 11 is 0. The number of unbranched alkanes of at least 4 members (excludes halogenated alkanes) is 2. The van der Waals surface area contributed by atoms with Gasteiger partial charge in [-0.25, -0.2) is 0 Å². The topological polar surface area (TPSA) is 21.3 Å². The highest BCUT2D eigenvalue weighted by Crippen LogP contribution is 2.34. The minimum atomic E-state index is 0.180. The molecule has 2 nitrogen and oxygen atoms in total. The lowest BCUT2D eigenvalue weighted by Crippen LogP contribution is -2.49. The van der Waals surface area contributed by atoms with Crippen molar-refractivity contribution >= 4 is 0 Å². The maximum atomic E-state index is 5.59. The summed E-state index contributed by atoms with van der Waals surface area (Å²) in [7, 11) is 1.85. The van der Waals surface area contributed by atoms with Crippen LogP contribution >= 0.6 is 0 Å². The van der Waals surface area contributed by atoms with Crippen molar-refractivity contribution in [2.75, 3.05) is 13.7 Å². The first kappa shape index (κ1) is 13.0. The molecule has 0 spiro atoms. The first-order chi connectivity index (χ1) is 7.22. The summed E-state index contributed by atoms with van der Waals surface area (Å²) in [5.74, 6) is 0. The van der Waals surface area contributed by atoms with Crippen LogP contribution in [0, 0.1) is 0 Å². The van der Waals surface area contributed by atoms with Crippen LogP contribution in [0.1, 0.15) is 58.8 Å². The van der Waals surface area contributed by atoms with Gasteiger partial charge in [0.05, 0.1) is 5.60 Å². The number of hydrogen-bond donors (Lipinski definition) is 1. The molecule has 0 saturated heterocycles. The fourth-order valence-electron chi connectivity index (χ4n) is 2.19. The average molecular weight is 213 g/mol. The summed E-state index contributed by atoms with van der Waals surface area (Å²) in [6.07, 6.45) is 9.13. The molecule has 15 heavy (non-hydrogen) atoms. The van der Waals surface area contributed by atoms with E-state index in [4.69, 9.17) is 4.74 Å². The highest BCUT2D eigenvalue weighted by atomic mass is 16.5. The predicted octanol–water partition coefficient (Wildman–Crippen LogP) is 3.11. The molecule has 1 saturated carbocycles. The van der Waals surface area contributed by atoms with Gasteiger partial charge < -0.3 is 10.1 Å². The molecule has 0 aliphatic heterocycles. The maximum absolute atomic E-state index is 5.59. The zero-order chi connectivity index (χ0) is 11.1. The zero-order valence-corrected chi connectivity index (χ0v) is 10.6. The molecule has 0 heterocycles. The van der Waals surface area contributed by atoms with E-state index in [-0.39, 0.29) is 5.60 Å². The van der Waals surface area contributed by atoms with Gasteiger partial charge >= 0.3 is 0 Å². The molecule has 0 radical (unpaired) electrons. The molecule has 1 aliphatic carbocycles. The Labute approximate surface area is 94.8 Å². The van der Waals surface area contributed by atoms with Crippen molar-refractivity contribution in [3.8, 4) is 0 Å². The first-order valence-corrected chi connectivity index (χ1v) is 6.51. The molecule has 0 amide bonds. The van der Waals surface area contributed by atoms with E-state index in [1.165, 1.54) is 44.9 Å². The summed E-state index contributed by atoms with van der Waals surface area (Å²) in [5.41, 5.74) is 0.180.